The van der Waals surface area contributed by atoms with Gasteiger partial charge in [-0.05, 0) is 57.3 Å². The third-order valence-electron chi connectivity index (χ3n) is 9.11. The van der Waals surface area contributed by atoms with Gasteiger partial charge in [0.05, 0.1) is 31.3 Å². The second kappa shape index (κ2) is 30.9. The average molecular weight is 769 g/mol. The molecule has 0 radical (unpaired) electrons. The van der Waals surface area contributed by atoms with E-state index in [1.807, 2.05) is 12.2 Å². The van der Waals surface area contributed by atoms with E-state index in [0.717, 1.165) is 38.5 Å². The topological polar surface area (TPSA) is 180 Å². The zero-order valence-corrected chi connectivity index (χ0v) is 33.1. The summed E-state index contributed by atoms with van der Waals surface area (Å²) in [7, 11) is -4.86. The maximum atomic E-state index is 12.5. The number of esters is 2. The Bertz CT molecular complexity index is 1160. The van der Waals surface area contributed by atoms with Crippen LogP contribution in [0.2, 0.25) is 0 Å². The molecule has 1 saturated carbocycles. The zero-order chi connectivity index (χ0) is 39.2. The van der Waals surface area contributed by atoms with Gasteiger partial charge in [-0.15, -0.1) is 0 Å². The van der Waals surface area contributed by atoms with Gasteiger partial charge in [-0.2, -0.15) is 0 Å². The molecule has 0 aromatic rings. The number of hydrogen-bond donors (Lipinski definition) is 5. The standard InChI is InChI=1S/C41H69O11P/c1-3-5-7-8-9-10-11-12-13-14-15-16-17-18-19-20-22-27-40(45)50-32-35(33-51-53(47,48)49)52-41(46)28-24-23-26-36-37(39(44)31-38(36)43)30-29-34(42)25-21-6-4-2/h12-13,15-16,18-19,23-24,29-30,34-39,42-44H,3-11,14,17,20-22,25-28,31-33H2,1-2H3,(H2,47,48,49)/b13-12-,16-15-,19-18-,24-23-,30-29+/t34-,35-,36+,37-,38+,39-/m1/s1. The maximum absolute atomic E-state index is 12.5. The van der Waals surface area contributed by atoms with Crippen LogP contribution in [0.4, 0.5) is 0 Å². The summed E-state index contributed by atoms with van der Waals surface area (Å²) in [6, 6.07) is 0. The third-order valence-corrected chi connectivity index (χ3v) is 9.60. The fourth-order valence-corrected chi connectivity index (χ4v) is 6.43. The molecule has 0 amide bonds. The minimum Gasteiger partial charge on any atom is -0.462 e. The van der Waals surface area contributed by atoms with Crippen LogP contribution >= 0.6 is 7.82 Å². The van der Waals surface area contributed by atoms with Gasteiger partial charge in [0, 0.05) is 18.8 Å². The molecular weight excluding hydrogens is 699 g/mol. The van der Waals surface area contributed by atoms with Crippen molar-refractivity contribution in [2.75, 3.05) is 13.2 Å². The Hall–Kier alpha value is -2.37. The normalized spacial score (nSPS) is 20.8. The monoisotopic (exact) mass is 768 g/mol. The number of carbonyl (C=O) groups excluding carboxylic acids is 2. The molecule has 0 aliphatic heterocycles. The highest BCUT2D eigenvalue weighted by Gasteiger charge is 2.39. The zero-order valence-electron chi connectivity index (χ0n) is 32.2. The molecule has 0 saturated heterocycles. The molecule has 1 aliphatic rings. The minimum absolute atomic E-state index is 0.127. The first-order valence-corrected chi connectivity index (χ1v) is 21.4. The predicted octanol–water partition coefficient (Wildman–Crippen LogP) is 8.11. The Morgan fingerprint density at radius 1 is 0.755 bits per heavy atom. The van der Waals surface area contributed by atoms with Crippen LogP contribution in [-0.4, -0.2) is 74.7 Å². The Labute approximate surface area is 318 Å². The van der Waals surface area contributed by atoms with Crippen molar-refractivity contribution in [2.45, 2.75) is 160 Å². The number of ether oxygens (including phenoxy) is 2. The fraction of sp³-hybridized carbons (Fsp3) is 0.707. The van der Waals surface area contributed by atoms with Crippen molar-refractivity contribution < 1.29 is 53.3 Å². The summed E-state index contributed by atoms with van der Waals surface area (Å²) in [6.07, 6.45) is 32.2. The molecule has 12 heteroatoms. The molecule has 0 unspecified atom stereocenters. The fourth-order valence-electron chi connectivity index (χ4n) is 6.07. The highest BCUT2D eigenvalue weighted by atomic mass is 31.2. The van der Waals surface area contributed by atoms with E-state index < -0.39 is 57.4 Å². The first-order valence-electron chi connectivity index (χ1n) is 19.8. The largest absolute Gasteiger partial charge is 0.469 e. The van der Waals surface area contributed by atoms with Crippen molar-refractivity contribution >= 4 is 19.8 Å². The van der Waals surface area contributed by atoms with Crippen molar-refractivity contribution in [3.63, 3.8) is 0 Å². The van der Waals surface area contributed by atoms with Gasteiger partial charge >= 0.3 is 19.8 Å². The number of allylic oxidation sites excluding steroid dienone is 7. The summed E-state index contributed by atoms with van der Waals surface area (Å²) in [6.45, 7) is 3.23. The van der Waals surface area contributed by atoms with Crippen LogP contribution in [0.15, 0.2) is 60.8 Å². The third kappa shape index (κ3) is 27.0. The van der Waals surface area contributed by atoms with E-state index in [1.54, 1.807) is 24.3 Å². The SMILES string of the molecule is CCCCCCCC/C=C\C/C=C\C/C=C\CCCC(=O)OC[C@H](COP(=O)(O)O)OC(=O)C/C=C\C[C@H]1[C@@H](/C=C/[C@H](O)CCCCC)[C@H](O)C[C@@H]1O. The van der Waals surface area contributed by atoms with Crippen molar-refractivity contribution in [1.29, 1.82) is 0 Å². The summed E-state index contributed by atoms with van der Waals surface area (Å²) >= 11 is 0. The molecule has 0 aromatic carbocycles. The lowest BCUT2D eigenvalue weighted by molar-refractivity contribution is -0.160. The van der Waals surface area contributed by atoms with E-state index in [0.29, 0.717) is 25.7 Å². The van der Waals surface area contributed by atoms with E-state index in [-0.39, 0.29) is 31.1 Å². The Balaban J connectivity index is 2.40. The van der Waals surface area contributed by atoms with Crippen LogP contribution in [0.25, 0.3) is 0 Å². The maximum Gasteiger partial charge on any atom is 0.469 e. The number of rotatable bonds is 31. The smallest absolute Gasteiger partial charge is 0.462 e. The quantitative estimate of drug-likeness (QED) is 0.0199. The number of aliphatic hydroxyl groups is 3. The lowest BCUT2D eigenvalue weighted by Crippen LogP contribution is -2.29. The van der Waals surface area contributed by atoms with Crippen molar-refractivity contribution in [2.24, 2.45) is 11.8 Å². The van der Waals surface area contributed by atoms with Gasteiger partial charge in [0.25, 0.3) is 0 Å². The average Bonchev–Trinajstić information content (AvgIpc) is 3.38. The van der Waals surface area contributed by atoms with Crippen molar-refractivity contribution in [3.05, 3.63) is 60.8 Å². The summed E-state index contributed by atoms with van der Waals surface area (Å²) in [5, 5.41) is 31.2. The van der Waals surface area contributed by atoms with E-state index in [2.05, 4.69) is 42.7 Å². The number of carbonyl (C=O) groups is 2. The Kier molecular flexibility index (Phi) is 28.4. The lowest BCUT2D eigenvalue weighted by Gasteiger charge is -2.20. The van der Waals surface area contributed by atoms with Gasteiger partial charge in [0.1, 0.15) is 6.61 Å². The highest BCUT2D eigenvalue weighted by Crippen LogP contribution is 2.37. The molecule has 6 atom stereocenters. The molecule has 1 aliphatic carbocycles. The first-order chi connectivity index (χ1) is 25.5. The molecule has 5 N–H and O–H groups in total. The van der Waals surface area contributed by atoms with E-state index >= 15 is 0 Å². The van der Waals surface area contributed by atoms with E-state index in [1.165, 1.54) is 38.5 Å². The summed E-state index contributed by atoms with van der Waals surface area (Å²) < 4.78 is 26.2. The van der Waals surface area contributed by atoms with Crippen LogP contribution in [0.3, 0.4) is 0 Å². The molecule has 11 nitrogen and oxygen atoms in total. The lowest BCUT2D eigenvalue weighted by atomic mass is 9.89. The summed E-state index contributed by atoms with van der Waals surface area (Å²) in [5.41, 5.74) is 0. The Morgan fingerprint density at radius 3 is 2.06 bits per heavy atom. The second-order valence-corrected chi connectivity index (χ2v) is 15.1. The molecule has 53 heavy (non-hydrogen) atoms. The number of hydrogen-bond acceptors (Lipinski definition) is 9. The van der Waals surface area contributed by atoms with Crippen molar-refractivity contribution in [1.82, 2.24) is 0 Å². The van der Waals surface area contributed by atoms with Crippen LogP contribution in [0.1, 0.15) is 136 Å². The van der Waals surface area contributed by atoms with Gasteiger partial charge in [-0.1, -0.05) is 126 Å². The number of phosphoric ester groups is 1. The highest BCUT2D eigenvalue weighted by molar-refractivity contribution is 7.46. The minimum atomic E-state index is -4.86. The number of phosphoric acid groups is 1. The van der Waals surface area contributed by atoms with E-state index in [4.69, 9.17) is 19.3 Å². The predicted molar refractivity (Wildman–Crippen MR) is 209 cm³/mol. The molecule has 304 valence electrons. The van der Waals surface area contributed by atoms with Gasteiger partial charge in [-0.25, -0.2) is 4.57 Å². The van der Waals surface area contributed by atoms with Gasteiger partial charge in [-0.3, -0.25) is 14.1 Å². The van der Waals surface area contributed by atoms with Crippen LogP contribution in [-0.2, 0) is 28.2 Å². The molecule has 0 spiro atoms. The summed E-state index contributed by atoms with van der Waals surface area (Å²) in [4.78, 5) is 43.0. The second-order valence-electron chi connectivity index (χ2n) is 13.9. The van der Waals surface area contributed by atoms with Gasteiger partial charge < -0.3 is 34.6 Å². The summed E-state index contributed by atoms with van der Waals surface area (Å²) in [5.74, 6) is -1.90. The molecular formula is C41H69O11P. The molecule has 1 fully saturated rings. The molecule has 1 rings (SSSR count). The van der Waals surface area contributed by atoms with Crippen molar-refractivity contribution in [3.8, 4) is 0 Å². The van der Waals surface area contributed by atoms with E-state index in [9.17, 15) is 29.5 Å². The van der Waals surface area contributed by atoms with Gasteiger partial charge in [0.15, 0.2) is 6.10 Å². The van der Waals surface area contributed by atoms with Crippen LogP contribution in [0.5, 0.6) is 0 Å². The van der Waals surface area contributed by atoms with Crippen LogP contribution < -0.4 is 0 Å². The molecule has 0 bridgehead atoms. The molecule has 0 aromatic heterocycles. The Morgan fingerprint density at radius 2 is 1.38 bits per heavy atom. The van der Waals surface area contributed by atoms with Crippen LogP contribution in [0, 0.1) is 11.8 Å². The molecule has 0 heterocycles. The van der Waals surface area contributed by atoms with Gasteiger partial charge in [0.2, 0.25) is 0 Å². The number of unbranched alkanes of at least 4 members (excludes halogenated alkanes) is 9. The number of aliphatic hydroxyl groups excluding tert-OH is 3. The first kappa shape index (κ1) is 48.6.